The summed E-state index contributed by atoms with van der Waals surface area (Å²) >= 11 is 0. The van der Waals surface area contributed by atoms with Gasteiger partial charge in [-0.1, -0.05) is 56.3 Å². The SMILES string of the molecule is CCN(CC)C(CNCc1ccc(C(=O)O)cc1)Cc1ccccc1. The Morgan fingerprint density at radius 2 is 1.64 bits per heavy atom. The predicted molar refractivity (Wildman–Crippen MR) is 102 cm³/mol. The van der Waals surface area contributed by atoms with E-state index in [0.29, 0.717) is 11.6 Å². The fourth-order valence-corrected chi connectivity index (χ4v) is 3.10. The van der Waals surface area contributed by atoms with Gasteiger partial charge in [0.25, 0.3) is 0 Å². The molecule has 1 unspecified atom stereocenters. The third kappa shape index (κ3) is 6.00. The normalized spacial score (nSPS) is 12.3. The monoisotopic (exact) mass is 340 g/mol. The Labute approximate surface area is 150 Å². The molecule has 0 aliphatic heterocycles. The van der Waals surface area contributed by atoms with E-state index in [9.17, 15) is 4.79 Å². The van der Waals surface area contributed by atoms with Gasteiger partial charge in [0.05, 0.1) is 5.56 Å². The Hall–Kier alpha value is -2.17. The number of nitrogens with one attached hydrogen (secondary N) is 1. The van der Waals surface area contributed by atoms with Crippen LogP contribution in [0.1, 0.15) is 35.3 Å². The van der Waals surface area contributed by atoms with Gasteiger partial charge in [-0.05, 0) is 42.8 Å². The van der Waals surface area contributed by atoms with Crippen LogP contribution in [0.5, 0.6) is 0 Å². The van der Waals surface area contributed by atoms with Crippen molar-refractivity contribution in [3.8, 4) is 0 Å². The van der Waals surface area contributed by atoms with E-state index in [-0.39, 0.29) is 0 Å². The lowest BCUT2D eigenvalue weighted by Gasteiger charge is -2.30. The molecule has 0 saturated carbocycles. The molecule has 2 rings (SSSR count). The van der Waals surface area contributed by atoms with Gasteiger partial charge in [0.15, 0.2) is 0 Å². The minimum absolute atomic E-state index is 0.328. The molecular weight excluding hydrogens is 312 g/mol. The number of carbonyl (C=O) groups is 1. The number of hydrogen-bond acceptors (Lipinski definition) is 3. The zero-order chi connectivity index (χ0) is 18.1. The highest BCUT2D eigenvalue weighted by molar-refractivity contribution is 5.87. The summed E-state index contributed by atoms with van der Waals surface area (Å²) in [7, 11) is 0. The minimum Gasteiger partial charge on any atom is -0.478 e. The molecule has 4 nitrogen and oxygen atoms in total. The molecule has 0 heterocycles. The fraction of sp³-hybridized carbons (Fsp3) is 0.381. The van der Waals surface area contributed by atoms with Crippen molar-refractivity contribution in [3.05, 3.63) is 71.3 Å². The minimum atomic E-state index is -0.885. The van der Waals surface area contributed by atoms with Crippen molar-refractivity contribution in [1.29, 1.82) is 0 Å². The second kappa shape index (κ2) is 9.97. The molecule has 25 heavy (non-hydrogen) atoms. The third-order valence-electron chi connectivity index (χ3n) is 4.55. The van der Waals surface area contributed by atoms with Gasteiger partial charge in [-0.15, -0.1) is 0 Å². The molecule has 2 aromatic carbocycles. The zero-order valence-corrected chi connectivity index (χ0v) is 15.1. The summed E-state index contributed by atoms with van der Waals surface area (Å²) in [5.41, 5.74) is 2.78. The van der Waals surface area contributed by atoms with E-state index in [1.807, 2.05) is 12.1 Å². The van der Waals surface area contributed by atoms with E-state index in [2.05, 4.69) is 54.4 Å². The molecule has 1 atom stereocenters. The first kappa shape index (κ1) is 19.2. The average molecular weight is 340 g/mol. The summed E-state index contributed by atoms with van der Waals surface area (Å²) in [4.78, 5) is 13.4. The van der Waals surface area contributed by atoms with Gasteiger partial charge < -0.3 is 10.4 Å². The van der Waals surface area contributed by atoms with Crippen LogP contribution in [0, 0.1) is 0 Å². The Balaban J connectivity index is 1.93. The fourth-order valence-electron chi connectivity index (χ4n) is 3.10. The van der Waals surface area contributed by atoms with E-state index < -0.39 is 5.97 Å². The van der Waals surface area contributed by atoms with Crippen LogP contribution in [0.25, 0.3) is 0 Å². The van der Waals surface area contributed by atoms with Gasteiger partial charge in [0, 0.05) is 19.1 Å². The standard InChI is InChI=1S/C21H28N2O2/c1-3-23(4-2)20(14-17-8-6-5-7-9-17)16-22-15-18-10-12-19(13-11-18)21(24)25/h5-13,20,22H,3-4,14-16H2,1-2H3,(H,24,25). The van der Waals surface area contributed by atoms with Crippen molar-refractivity contribution in [2.24, 2.45) is 0 Å². The molecule has 0 aliphatic rings. The van der Waals surface area contributed by atoms with E-state index >= 15 is 0 Å². The Bertz CT molecular complexity index is 637. The predicted octanol–water partition coefficient (Wildman–Crippen LogP) is 3.43. The number of rotatable bonds is 10. The van der Waals surface area contributed by atoms with E-state index in [0.717, 1.165) is 38.2 Å². The lowest BCUT2D eigenvalue weighted by molar-refractivity contribution is 0.0697. The highest BCUT2D eigenvalue weighted by atomic mass is 16.4. The quantitative estimate of drug-likeness (QED) is 0.696. The Morgan fingerprint density at radius 3 is 2.20 bits per heavy atom. The van der Waals surface area contributed by atoms with Crippen LogP contribution in [-0.2, 0) is 13.0 Å². The highest BCUT2D eigenvalue weighted by Gasteiger charge is 2.16. The molecular formula is C21H28N2O2. The van der Waals surface area contributed by atoms with Gasteiger partial charge in [-0.25, -0.2) is 4.79 Å². The van der Waals surface area contributed by atoms with Crippen LogP contribution >= 0.6 is 0 Å². The zero-order valence-electron chi connectivity index (χ0n) is 15.1. The molecule has 0 radical (unpaired) electrons. The maximum atomic E-state index is 10.9. The highest BCUT2D eigenvalue weighted by Crippen LogP contribution is 2.09. The van der Waals surface area contributed by atoms with Crippen molar-refractivity contribution in [3.63, 3.8) is 0 Å². The van der Waals surface area contributed by atoms with Crippen LogP contribution in [0.2, 0.25) is 0 Å². The molecule has 0 aliphatic carbocycles. The van der Waals surface area contributed by atoms with E-state index in [1.165, 1.54) is 5.56 Å². The second-order valence-corrected chi connectivity index (χ2v) is 6.20. The molecule has 0 bridgehead atoms. The molecule has 4 heteroatoms. The van der Waals surface area contributed by atoms with Gasteiger partial charge in [-0.2, -0.15) is 0 Å². The summed E-state index contributed by atoms with van der Waals surface area (Å²) in [6, 6.07) is 18.1. The van der Waals surface area contributed by atoms with Crippen molar-refractivity contribution >= 4 is 5.97 Å². The maximum absolute atomic E-state index is 10.9. The van der Waals surface area contributed by atoms with E-state index in [4.69, 9.17) is 5.11 Å². The number of likely N-dealkylation sites (N-methyl/N-ethyl adjacent to an activating group) is 1. The molecule has 0 amide bonds. The average Bonchev–Trinajstić information content (AvgIpc) is 2.64. The number of carboxylic acid groups (broad SMARTS) is 1. The van der Waals surface area contributed by atoms with E-state index in [1.54, 1.807) is 12.1 Å². The summed E-state index contributed by atoms with van der Waals surface area (Å²) in [6.45, 7) is 8.11. The van der Waals surface area contributed by atoms with Gasteiger partial charge in [0.1, 0.15) is 0 Å². The molecule has 2 N–H and O–H groups in total. The largest absolute Gasteiger partial charge is 0.478 e. The van der Waals surface area contributed by atoms with Gasteiger partial charge in [-0.3, -0.25) is 4.90 Å². The lowest BCUT2D eigenvalue weighted by atomic mass is 10.0. The molecule has 2 aromatic rings. The molecule has 134 valence electrons. The van der Waals surface area contributed by atoms with Crippen molar-refractivity contribution in [2.75, 3.05) is 19.6 Å². The number of carboxylic acids is 1. The number of hydrogen-bond donors (Lipinski definition) is 2. The van der Waals surface area contributed by atoms with Crippen molar-refractivity contribution < 1.29 is 9.90 Å². The summed E-state index contributed by atoms with van der Waals surface area (Å²) in [6.07, 6.45) is 1.02. The first-order valence-electron chi connectivity index (χ1n) is 8.95. The smallest absolute Gasteiger partial charge is 0.335 e. The van der Waals surface area contributed by atoms with Gasteiger partial charge >= 0.3 is 5.97 Å². The summed E-state index contributed by atoms with van der Waals surface area (Å²) in [5.74, 6) is -0.885. The molecule has 0 aromatic heterocycles. The van der Waals surface area contributed by atoms with Crippen molar-refractivity contribution in [2.45, 2.75) is 32.9 Å². The Kier molecular flexibility index (Phi) is 7.64. The second-order valence-electron chi connectivity index (χ2n) is 6.20. The Morgan fingerprint density at radius 1 is 1.00 bits per heavy atom. The lowest BCUT2D eigenvalue weighted by Crippen LogP contribution is -2.43. The molecule has 0 saturated heterocycles. The first-order valence-corrected chi connectivity index (χ1v) is 8.95. The molecule has 0 spiro atoms. The third-order valence-corrected chi connectivity index (χ3v) is 4.55. The number of aromatic carboxylic acids is 1. The number of nitrogens with zero attached hydrogens (tertiary/aromatic N) is 1. The van der Waals surface area contributed by atoms with Gasteiger partial charge in [0.2, 0.25) is 0 Å². The van der Waals surface area contributed by atoms with Crippen molar-refractivity contribution in [1.82, 2.24) is 10.2 Å². The first-order chi connectivity index (χ1) is 12.1. The van der Waals surface area contributed by atoms with Crippen LogP contribution in [0.4, 0.5) is 0 Å². The van der Waals surface area contributed by atoms with Crippen LogP contribution < -0.4 is 5.32 Å². The summed E-state index contributed by atoms with van der Waals surface area (Å²) < 4.78 is 0. The topological polar surface area (TPSA) is 52.6 Å². The van der Waals surface area contributed by atoms with Crippen LogP contribution in [-0.4, -0.2) is 41.7 Å². The van der Waals surface area contributed by atoms with Crippen LogP contribution in [0.15, 0.2) is 54.6 Å². The number of benzene rings is 2. The maximum Gasteiger partial charge on any atom is 0.335 e. The summed E-state index contributed by atoms with van der Waals surface area (Å²) in [5, 5.41) is 12.5. The van der Waals surface area contributed by atoms with Crippen LogP contribution in [0.3, 0.4) is 0 Å². The molecule has 0 fully saturated rings.